The summed E-state index contributed by atoms with van der Waals surface area (Å²) in [6, 6.07) is 8.65. The van der Waals surface area contributed by atoms with Crippen LogP contribution in [0.2, 0.25) is 0 Å². The first kappa shape index (κ1) is 29.3. The van der Waals surface area contributed by atoms with Crippen molar-refractivity contribution in [1.29, 1.82) is 0 Å². The molecule has 4 bridgehead atoms. The number of imide groups is 1. The van der Waals surface area contributed by atoms with Gasteiger partial charge < -0.3 is 9.47 Å². The zero-order chi connectivity index (χ0) is 31.7. The van der Waals surface area contributed by atoms with Crippen molar-refractivity contribution in [3.63, 3.8) is 0 Å². The number of Topliss-reactive ketones (excluding diaryl/α,β-unsaturated/α-hetero) is 1. The Bertz CT molecular complexity index is 1690. The summed E-state index contributed by atoms with van der Waals surface area (Å²) in [4.78, 5) is 74.5. The SMILES string of the molecule is COC(=O)C12CC3=C(CC(C(=O)OC)(Cc4c(C)sc(C)c4C1)C2=O)C1(C)C2C(=O)N(c4ccccc4)C(=O)C2C3(C)S1=O. The lowest BCUT2D eigenvalue weighted by molar-refractivity contribution is -0.168. The second-order valence-corrected chi connectivity index (χ2v) is 16.8. The van der Waals surface area contributed by atoms with Gasteiger partial charge in [0.2, 0.25) is 11.8 Å². The van der Waals surface area contributed by atoms with Crippen molar-refractivity contribution in [2.75, 3.05) is 19.1 Å². The predicted octanol–water partition coefficient (Wildman–Crippen LogP) is 3.54. The van der Waals surface area contributed by atoms with Gasteiger partial charge in [-0.25, -0.2) is 4.90 Å². The molecule has 2 aromatic rings. The van der Waals surface area contributed by atoms with Crippen LogP contribution in [0.3, 0.4) is 0 Å². The number of aryl methyl sites for hydroxylation is 2. The normalized spacial score (nSPS) is 36.9. The molecule has 6 atom stereocenters. The first-order valence-corrected chi connectivity index (χ1v) is 16.6. The molecule has 44 heavy (non-hydrogen) atoms. The zero-order valence-electron chi connectivity index (χ0n) is 25.4. The third-order valence-corrected chi connectivity index (χ3v) is 14.9. The van der Waals surface area contributed by atoms with E-state index in [1.165, 1.54) is 19.1 Å². The standard InChI is InChI=1S/C33H33NO8S2/c1-16-19-12-32(28(38)41-5)14-21-22(15-33(27(32)37,29(39)42-6)13-20(19)17(2)43-16)31(4)24-23(30(21,3)44(31)40)25(35)34(26(24)36)18-10-8-7-9-11-18/h7-11,23-24H,12-15H2,1-6H3. The number of amides is 2. The zero-order valence-corrected chi connectivity index (χ0v) is 27.0. The van der Waals surface area contributed by atoms with E-state index in [0.29, 0.717) is 16.8 Å². The smallest absolute Gasteiger partial charge is 0.320 e. The summed E-state index contributed by atoms with van der Waals surface area (Å²) in [6.07, 6.45) is -0.297. The van der Waals surface area contributed by atoms with Crippen molar-refractivity contribution in [3.05, 3.63) is 62.4 Å². The maximum absolute atomic E-state index is 15.0. The Morgan fingerprint density at radius 3 is 1.64 bits per heavy atom. The van der Waals surface area contributed by atoms with Crippen LogP contribution < -0.4 is 4.90 Å². The average molecular weight is 636 g/mol. The van der Waals surface area contributed by atoms with E-state index in [9.17, 15) is 23.4 Å². The maximum Gasteiger partial charge on any atom is 0.320 e. The van der Waals surface area contributed by atoms with Crippen molar-refractivity contribution >= 4 is 57.4 Å². The van der Waals surface area contributed by atoms with E-state index in [-0.39, 0.29) is 25.7 Å². The predicted molar refractivity (Wildman–Crippen MR) is 162 cm³/mol. The number of para-hydroxylation sites is 1. The number of nitrogens with zero attached hydrogens (tertiary/aromatic N) is 1. The number of rotatable bonds is 3. The van der Waals surface area contributed by atoms with Crippen LogP contribution >= 0.6 is 11.3 Å². The van der Waals surface area contributed by atoms with Crippen molar-refractivity contribution in [1.82, 2.24) is 0 Å². The second-order valence-electron chi connectivity index (χ2n) is 13.1. The summed E-state index contributed by atoms with van der Waals surface area (Å²) < 4.78 is 22.7. The molecular formula is C33H33NO8S2. The third-order valence-electron chi connectivity index (χ3n) is 11.3. The Labute approximate surface area is 261 Å². The molecule has 0 radical (unpaired) electrons. The summed E-state index contributed by atoms with van der Waals surface area (Å²) in [5.41, 5.74) is -0.443. The van der Waals surface area contributed by atoms with Gasteiger partial charge in [-0.1, -0.05) is 18.2 Å². The van der Waals surface area contributed by atoms with Gasteiger partial charge in [0.05, 0.1) is 41.2 Å². The highest BCUT2D eigenvalue weighted by atomic mass is 32.2. The molecule has 0 saturated carbocycles. The number of fused-ring (bicyclic) bond motifs is 10. The highest BCUT2D eigenvalue weighted by Crippen LogP contribution is 2.70. The number of hydrogen-bond donors (Lipinski definition) is 0. The molecule has 2 amide bonds. The number of anilines is 1. The van der Waals surface area contributed by atoms with E-state index in [1.807, 2.05) is 13.8 Å². The van der Waals surface area contributed by atoms with Gasteiger partial charge in [0.15, 0.2) is 5.78 Å². The summed E-state index contributed by atoms with van der Waals surface area (Å²) in [6.45, 7) is 7.32. The number of esters is 2. The average Bonchev–Trinajstić information content (AvgIpc) is 3.49. The number of carbonyl (C=O) groups excluding carboxylic acids is 5. The van der Waals surface area contributed by atoms with E-state index in [0.717, 1.165) is 20.9 Å². The Balaban J connectivity index is 1.50. The fourth-order valence-corrected chi connectivity index (χ4v) is 13.0. The van der Waals surface area contributed by atoms with Crippen molar-refractivity contribution in [2.24, 2.45) is 22.7 Å². The minimum atomic E-state index is -1.82. The number of carbonyl (C=O) groups is 5. The first-order valence-electron chi connectivity index (χ1n) is 14.6. The highest BCUT2D eigenvalue weighted by molar-refractivity contribution is 7.89. The fraction of sp³-hybridized carbons (Fsp3) is 0.485. The summed E-state index contributed by atoms with van der Waals surface area (Å²) in [5.74, 6) is -4.95. The van der Waals surface area contributed by atoms with E-state index >= 15 is 4.79 Å². The Kier molecular flexibility index (Phi) is 6.03. The molecule has 0 spiro atoms. The number of ketones is 1. The van der Waals surface area contributed by atoms with Gasteiger partial charge in [-0.15, -0.1) is 11.3 Å². The molecule has 2 saturated heterocycles. The summed E-state index contributed by atoms with van der Waals surface area (Å²) in [7, 11) is 0.660. The minimum absolute atomic E-state index is 0.01000. The molecule has 11 heteroatoms. The van der Waals surface area contributed by atoms with Crippen LogP contribution in [-0.4, -0.2) is 57.5 Å². The van der Waals surface area contributed by atoms with Gasteiger partial charge in [-0.3, -0.25) is 28.2 Å². The molecule has 1 aromatic carbocycles. The van der Waals surface area contributed by atoms with Crippen molar-refractivity contribution in [2.45, 2.75) is 62.9 Å². The molecule has 3 aliphatic heterocycles. The Hall–Kier alpha value is -3.44. The Morgan fingerprint density at radius 1 is 0.795 bits per heavy atom. The number of benzene rings is 1. The summed E-state index contributed by atoms with van der Waals surface area (Å²) in [5, 5.41) is 0. The van der Waals surface area contributed by atoms with Crippen molar-refractivity contribution in [3.8, 4) is 0 Å². The molecule has 7 rings (SSSR count). The van der Waals surface area contributed by atoms with E-state index < -0.39 is 72.5 Å². The largest absolute Gasteiger partial charge is 0.468 e. The topological polar surface area (TPSA) is 124 Å². The molecule has 5 aliphatic rings. The van der Waals surface area contributed by atoms with Crippen LogP contribution in [0.1, 0.15) is 47.6 Å². The van der Waals surface area contributed by atoms with Gasteiger partial charge in [-0.2, -0.15) is 0 Å². The van der Waals surface area contributed by atoms with Gasteiger partial charge in [-0.05, 0) is 87.8 Å². The quantitative estimate of drug-likeness (QED) is 0.217. The second kappa shape index (κ2) is 9.06. The molecule has 2 aliphatic carbocycles. The first-order chi connectivity index (χ1) is 20.7. The van der Waals surface area contributed by atoms with Crippen LogP contribution in [-0.2, 0) is 57.1 Å². The molecule has 6 unspecified atom stereocenters. The molecule has 4 heterocycles. The van der Waals surface area contributed by atoms with Gasteiger partial charge in [0.1, 0.15) is 10.8 Å². The molecular weight excluding hydrogens is 602 g/mol. The maximum atomic E-state index is 15.0. The number of methoxy groups -OCH3 is 2. The third kappa shape index (κ3) is 3.10. The van der Waals surface area contributed by atoms with E-state index in [4.69, 9.17) is 9.47 Å². The molecule has 2 fully saturated rings. The minimum Gasteiger partial charge on any atom is -0.468 e. The number of hydrogen-bond acceptors (Lipinski definition) is 9. The molecule has 230 valence electrons. The van der Waals surface area contributed by atoms with Gasteiger partial charge >= 0.3 is 11.9 Å². The van der Waals surface area contributed by atoms with Gasteiger partial charge in [0.25, 0.3) is 0 Å². The summed E-state index contributed by atoms with van der Waals surface area (Å²) >= 11 is 1.55. The Morgan fingerprint density at radius 2 is 1.23 bits per heavy atom. The van der Waals surface area contributed by atoms with Crippen LogP contribution in [0.5, 0.6) is 0 Å². The van der Waals surface area contributed by atoms with Crippen LogP contribution in [0.15, 0.2) is 41.5 Å². The monoisotopic (exact) mass is 635 g/mol. The van der Waals surface area contributed by atoms with Crippen LogP contribution in [0.4, 0.5) is 5.69 Å². The highest BCUT2D eigenvalue weighted by Gasteiger charge is 2.80. The van der Waals surface area contributed by atoms with Crippen LogP contribution in [0.25, 0.3) is 0 Å². The van der Waals surface area contributed by atoms with Crippen LogP contribution in [0, 0.1) is 36.5 Å². The lowest BCUT2D eigenvalue weighted by atomic mass is 9.62. The van der Waals surface area contributed by atoms with Crippen molar-refractivity contribution < 1.29 is 37.7 Å². The molecule has 1 aromatic heterocycles. The lowest BCUT2D eigenvalue weighted by Crippen LogP contribution is -2.54. The fourth-order valence-electron chi connectivity index (χ4n) is 9.26. The molecule has 0 N–H and O–H groups in total. The van der Waals surface area contributed by atoms with Gasteiger partial charge in [0, 0.05) is 20.6 Å². The number of thiophene rings is 1. The molecule has 9 nitrogen and oxygen atoms in total. The lowest BCUT2D eigenvalue weighted by Gasteiger charge is -2.37. The van der Waals surface area contributed by atoms with E-state index in [2.05, 4.69) is 0 Å². The van der Waals surface area contributed by atoms with E-state index in [1.54, 1.807) is 55.5 Å². The number of ether oxygens (including phenoxy) is 2.